The number of halogens is 1. The molecule has 1 aromatic rings. The van der Waals surface area contributed by atoms with Gasteiger partial charge >= 0.3 is 0 Å². The summed E-state index contributed by atoms with van der Waals surface area (Å²) in [6.45, 7) is 1.73. The van der Waals surface area contributed by atoms with Crippen LogP contribution >= 0.6 is 22.6 Å². The van der Waals surface area contributed by atoms with Crippen molar-refractivity contribution in [1.82, 2.24) is 4.90 Å². The highest BCUT2D eigenvalue weighted by Crippen LogP contribution is 2.20. The maximum atomic E-state index is 11.6. The fourth-order valence-corrected chi connectivity index (χ4v) is 1.63. The van der Waals surface area contributed by atoms with Gasteiger partial charge in [0.05, 0.1) is 5.56 Å². The van der Waals surface area contributed by atoms with Gasteiger partial charge in [-0.1, -0.05) is 0 Å². The van der Waals surface area contributed by atoms with Crippen molar-refractivity contribution >= 4 is 34.2 Å². The van der Waals surface area contributed by atoms with Crippen LogP contribution in [0.4, 0.5) is 5.69 Å². The number of anilines is 1. The molecule has 0 aromatic heterocycles. The number of carbonyl (C=O) groups excluding carboxylic acids is 1. The number of benzene rings is 1. The minimum atomic E-state index is 0.0519. The first-order valence-corrected chi connectivity index (χ1v) is 5.10. The minimum absolute atomic E-state index is 0.0519. The lowest BCUT2D eigenvalue weighted by Crippen LogP contribution is -2.13. The van der Waals surface area contributed by atoms with Crippen LogP contribution in [0.5, 0.6) is 0 Å². The predicted molar refractivity (Wildman–Crippen MR) is 59.5 cm³/mol. The van der Waals surface area contributed by atoms with Crippen LogP contribution in [0.1, 0.15) is 10.4 Å². The van der Waals surface area contributed by atoms with E-state index in [1.165, 1.54) is 0 Å². The van der Waals surface area contributed by atoms with Gasteiger partial charge in [0.25, 0.3) is 5.91 Å². The standard InChI is InChI=1S/C9H9IN2O/c10-6-1-2-8(11)7(5-6)9(13)12-3-4-12/h1-2,5H,3-4,11H2. The summed E-state index contributed by atoms with van der Waals surface area (Å²) >= 11 is 2.17. The van der Waals surface area contributed by atoms with Crippen molar-refractivity contribution in [2.24, 2.45) is 0 Å². The van der Waals surface area contributed by atoms with Crippen molar-refractivity contribution in [3.8, 4) is 0 Å². The van der Waals surface area contributed by atoms with E-state index in [1.807, 2.05) is 12.1 Å². The second-order valence-corrected chi connectivity index (χ2v) is 4.27. The molecule has 13 heavy (non-hydrogen) atoms. The van der Waals surface area contributed by atoms with Gasteiger partial charge in [-0.15, -0.1) is 0 Å². The maximum Gasteiger partial charge on any atom is 0.256 e. The van der Waals surface area contributed by atoms with Crippen LogP contribution in [0.15, 0.2) is 18.2 Å². The summed E-state index contributed by atoms with van der Waals surface area (Å²) in [4.78, 5) is 13.4. The Morgan fingerprint density at radius 2 is 2.15 bits per heavy atom. The molecule has 0 atom stereocenters. The monoisotopic (exact) mass is 288 g/mol. The molecule has 0 radical (unpaired) electrons. The van der Waals surface area contributed by atoms with Crippen LogP contribution in [-0.4, -0.2) is 23.9 Å². The third-order valence-corrected chi connectivity index (χ3v) is 2.65. The van der Waals surface area contributed by atoms with Gasteiger partial charge in [-0.3, -0.25) is 4.79 Å². The highest BCUT2D eigenvalue weighted by Gasteiger charge is 2.26. The Kier molecular flexibility index (Phi) is 2.15. The zero-order valence-corrected chi connectivity index (χ0v) is 9.11. The van der Waals surface area contributed by atoms with E-state index in [9.17, 15) is 4.79 Å². The van der Waals surface area contributed by atoms with E-state index in [4.69, 9.17) is 5.73 Å². The van der Waals surface area contributed by atoms with E-state index < -0.39 is 0 Å². The second-order valence-electron chi connectivity index (χ2n) is 3.02. The molecule has 1 aromatic carbocycles. The molecule has 1 aliphatic rings. The zero-order chi connectivity index (χ0) is 9.42. The lowest BCUT2D eigenvalue weighted by atomic mass is 10.2. The zero-order valence-electron chi connectivity index (χ0n) is 6.96. The summed E-state index contributed by atoms with van der Waals surface area (Å²) in [5, 5.41) is 0. The summed E-state index contributed by atoms with van der Waals surface area (Å²) < 4.78 is 1.04. The van der Waals surface area contributed by atoms with Crippen molar-refractivity contribution in [3.05, 3.63) is 27.3 Å². The minimum Gasteiger partial charge on any atom is -0.398 e. The number of hydrogen-bond acceptors (Lipinski definition) is 2. The van der Waals surface area contributed by atoms with Crippen molar-refractivity contribution in [2.45, 2.75) is 0 Å². The summed E-state index contributed by atoms with van der Waals surface area (Å²) in [7, 11) is 0. The average molecular weight is 288 g/mol. The highest BCUT2D eigenvalue weighted by molar-refractivity contribution is 14.1. The lowest BCUT2D eigenvalue weighted by molar-refractivity contribution is 0.0886. The van der Waals surface area contributed by atoms with Gasteiger partial charge in [-0.05, 0) is 40.8 Å². The first-order chi connectivity index (χ1) is 6.18. The van der Waals surface area contributed by atoms with Gasteiger partial charge in [0.15, 0.2) is 0 Å². The Morgan fingerprint density at radius 1 is 1.46 bits per heavy atom. The number of nitrogens with zero attached hydrogens (tertiary/aromatic N) is 1. The molecule has 0 saturated carbocycles. The molecule has 2 N–H and O–H groups in total. The molecule has 1 fully saturated rings. The number of nitrogens with two attached hydrogens (primary N) is 1. The third kappa shape index (κ3) is 1.77. The van der Waals surface area contributed by atoms with E-state index in [0.29, 0.717) is 11.3 Å². The number of rotatable bonds is 1. The van der Waals surface area contributed by atoms with E-state index >= 15 is 0 Å². The smallest absolute Gasteiger partial charge is 0.256 e. The van der Waals surface area contributed by atoms with Crippen molar-refractivity contribution in [1.29, 1.82) is 0 Å². The van der Waals surface area contributed by atoms with Gasteiger partial charge in [-0.25, -0.2) is 0 Å². The van der Waals surface area contributed by atoms with E-state index in [-0.39, 0.29) is 5.91 Å². The molecule has 0 unspecified atom stereocenters. The summed E-state index contributed by atoms with van der Waals surface area (Å²) in [6, 6.07) is 5.50. The van der Waals surface area contributed by atoms with Gasteiger partial charge in [0.1, 0.15) is 0 Å². The van der Waals surface area contributed by atoms with Crippen LogP contribution in [-0.2, 0) is 0 Å². The lowest BCUT2D eigenvalue weighted by Gasteiger charge is -2.05. The molecule has 1 amide bonds. The van der Waals surface area contributed by atoms with Crippen LogP contribution < -0.4 is 5.73 Å². The number of amides is 1. The van der Waals surface area contributed by atoms with Crippen molar-refractivity contribution in [3.63, 3.8) is 0 Å². The third-order valence-electron chi connectivity index (χ3n) is 1.98. The molecular weight excluding hydrogens is 279 g/mol. The van der Waals surface area contributed by atoms with Crippen LogP contribution in [0, 0.1) is 3.57 Å². The molecule has 0 bridgehead atoms. The molecule has 2 rings (SSSR count). The van der Waals surface area contributed by atoms with Gasteiger partial charge in [0.2, 0.25) is 0 Å². The summed E-state index contributed by atoms with van der Waals surface area (Å²) in [5.74, 6) is 0.0519. The normalized spacial score (nSPS) is 14.4. The number of nitrogen functional groups attached to an aromatic ring is 1. The first kappa shape index (κ1) is 8.80. The average Bonchev–Trinajstić information content (AvgIpc) is 2.91. The van der Waals surface area contributed by atoms with Crippen LogP contribution in [0.25, 0.3) is 0 Å². The van der Waals surface area contributed by atoms with Crippen molar-refractivity contribution < 1.29 is 4.79 Å². The molecule has 1 aliphatic heterocycles. The number of hydrogen-bond donors (Lipinski definition) is 1. The van der Waals surface area contributed by atoms with Gasteiger partial charge < -0.3 is 10.6 Å². The van der Waals surface area contributed by atoms with Gasteiger partial charge in [-0.2, -0.15) is 0 Å². The molecule has 0 aliphatic carbocycles. The van der Waals surface area contributed by atoms with E-state index in [1.54, 1.807) is 11.0 Å². The fourth-order valence-electron chi connectivity index (χ4n) is 1.14. The Morgan fingerprint density at radius 3 is 2.77 bits per heavy atom. The molecule has 1 saturated heterocycles. The Balaban J connectivity index is 2.37. The molecule has 1 heterocycles. The van der Waals surface area contributed by atoms with E-state index in [0.717, 1.165) is 16.7 Å². The maximum absolute atomic E-state index is 11.6. The Bertz CT molecular complexity index is 361. The topological polar surface area (TPSA) is 46.1 Å². The quantitative estimate of drug-likeness (QED) is 0.481. The largest absolute Gasteiger partial charge is 0.398 e. The molecule has 68 valence electrons. The Hall–Kier alpha value is -0.780. The van der Waals surface area contributed by atoms with Crippen LogP contribution in [0.2, 0.25) is 0 Å². The second kappa shape index (κ2) is 3.17. The fraction of sp³-hybridized carbons (Fsp3) is 0.222. The number of carbonyl (C=O) groups is 1. The van der Waals surface area contributed by atoms with E-state index in [2.05, 4.69) is 22.6 Å². The SMILES string of the molecule is Nc1ccc(I)cc1C(=O)N1CC1. The summed E-state index contributed by atoms with van der Waals surface area (Å²) in [6.07, 6.45) is 0. The first-order valence-electron chi connectivity index (χ1n) is 4.03. The predicted octanol–water partition coefficient (Wildman–Crippen LogP) is 1.33. The molecule has 3 nitrogen and oxygen atoms in total. The van der Waals surface area contributed by atoms with Crippen LogP contribution in [0.3, 0.4) is 0 Å². The highest BCUT2D eigenvalue weighted by atomic mass is 127. The summed E-state index contributed by atoms with van der Waals surface area (Å²) in [5.41, 5.74) is 6.90. The Labute approximate surface area is 90.0 Å². The molecule has 0 spiro atoms. The molecule has 4 heteroatoms. The van der Waals surface area contributed by atoms with Crippen molar-refractivity contribution in [2.75, 3.05) is 18.8 Å². The molecular formula is C9H9IN2O. The van der Waals surface area contributed by atoms with Gasteiger partial charge in [0, 0.05) is 22.3 Å².